The summed E-state index contributed by atoms with van der Waals surface area (Å²) in [5, 5.41) is 5.94. The van der Waals surface area contributed by atoms with Gasteiger partial charge in [0.1, 0.15) is 5.75 Å². The molecule has 9 heteroatoms. The van der Waals surface area contributed by atoms with Crippen molar-refractivity contribution >= 4 is 35.0 Å². The van der Waals surface area contributed by atoms with E-state index in [0.29, 0.717) is 23.0 Å². The molecule has 3 amide bonds. The third kappa shape index (κ3) is 8.14. The number of methoxy groups -OCH3 is 1. The highest BCUT2D eigenvalue weighted by molar-refractivity contribution is 6.31. The smallest absolute Gasteiger partial charge is 0.244 e. The van der Waals surface area contributed by atoms with E-state index in [4.69, 9.17) is 16.3 Å². The molecule has 2 N–H and O–H groups in total. The molecule has 0 aliphatic carbocycles. The van der Waals surface area contributed by atoms with Gasteiger partial charge in [-0.2, -0.15) is 0 Å². The summed E-state index contributed by atoms with van der Waals surface area (Å²) in [7, 11) is 3.03. The number of nitrogens with zero attached hydrogens (tertiary/aromatic N) is 2. The summed E-state index contributed by atoms with van der Waals surface area (Å²) in [6, 6.07) is 4.91. The van der Waals surface area contributed by atoms with E-state index < -0.39 is 0 Å². The molecule has 0 aliphatic heterocycles. The number of likely N-dealkylation sites (N-methyl/N-ethyl adjacent to an activating group) is 2. The van der Waals surface area contributed by atoms with Crippen LogP contribution in [-0.2, 0) is 14.4 Å². The van der Waals surface area contributed by atoms with E-state index in [9.17, 15) is 14.4 Å². The molecule has 0 atom stereocenters. The highest BCUT2D eigenvalue weighted by Gasteiger charge is 2.19. The van der Waals surface area contributed by atoms with Gasteiger partial charge in [-0.1, -0.05) is 18.5 Å². The van der Waals surface area contributed by atoms with Gasteiger partial charge in [-0.3, -0.25) is 19.3 Å². The Bertz CT molecular complexity index is 697. The minimum absolute atomic E-state index is 0.0387. The van der Waals surface area contributed by atoms with E-state index in [1.165, 1.54) is 12.0 Å². The summed E-state index contributed by atoms with van der Waals surface area (Å²) in [5.41, 5.74) is 0.432. The number of amides is 3. The van der Waals surface area contributed by atoms with Crippen molar-refractivity contribution in [1.29, 1.82) is 0 Å². The van der Waals surface area contributed by atoms with Crippen molar-refractivity contribution in [3.05, 3.63) is 23.2 Å². The predicted octanol–water partition coefficient (Wildman–Crippen LogP) is 1.59. The van der Waals surface area contributed by atoms with Crippen LogP contribution in [0.5, 0.6) is 5.75 Å². The summed E-state index contributed by atoms with van der Waals surface area (Å²) in [6.45, 7) is 6.20. The van der Waals surface area contributed by atoms with E-state index in [2.05, 4.69) is 10.6 Å². The van der Waals surface area contributed by atoms with Crippen LogP contribution in [0.15, 0.2) is 18.2 Å². The molecule has 0 unspecified atom stereocenters. The maximum atomic E-state index is 12.4. The van der Waals surface area contributed by atoms with Crippen LogP contribution in [0.4, 0.5) is 5.69 Å². The first-order valence-electron chi connectivity index (χ1n) is 9.05. The monoisotopic (exact) mass is 412 g/mol. The van der Waals surface area contributed by atoms with E-state index in [0.717, 1.165) is 0 Å². The molecule has 28 heavy (non-hydrogen) atoms. The molecule has 0 saturated carbocycles. The largest absolute Gasteiger partial charge is 0.495 e. The molecule has 0 saturated heterocycles. The Morgan fingerprint density at radius 1 is 1.14 bits per heavy atom. The van der Waals surface area contributed by atoms with Gasteiger partial charge in [0.25, 0.3) is 0 Å². The van der Waals surface area contributed by atoms with Crippen molar-refractivity contribution in [1.82, 2.24) is 15.1 Å². The zero-order valence-electron chi connectivity index (χ0n) is 17.0. The predicted molar refractivity (Wildman–Crippen MR) is 110 cm³/mol. The minimum atomic E-state index is -0.378. The third-order valence-corrected chi connectivity index (χ3v) is 4.10. The van der Waals surface area contributed by atoms with Crippen LogP contribution in [0.3, 0.4) is 0 Å². The second-order valence-electron chi connectivity index (χ2n) is 6.67. The Hall–Kier alpha value is -2.32. The van der Waals surface area contributed by atoms with Crippen molar-refractivity contribution in [2.45, 2.75) is 26.8 Å². The highest BCUT2D eigenvalue weighted by atomic mass is 35.5. The fourth-order valence-electron chi connectivity index (χ4n) is 2.43. The number of hydrogen-bond acceptors (Lipinski definition) is 5. The van der Waals surface area contributed by atoms with Gasteiger partial charge in [0.2, 0.25) is 17.7 Å². The van der Waals surface area contributed by atoms with Crippen LogP contribution >= 0.6 is 11.6 Å². The first kappa shape index (κ1) is 23.7. The second kappa shape index (κ2) is 11.5. The van der Waals surface area contributed by atoms with E-state index in [1.54, 1.807) is 30.1 Å². The van der Waals surface area contributed by atoms with Crippen LogP contribution in [0.1, 0.15) is 20.8 Å². The van der Waals surface area contributed by atoms with Crippen LogP contribution < -0.4 is 15.4 Å². The summed E-state index contributed by atoms with van der Waals surface area (Å²) in [5.74, 6) is -0.303. The van der Waals surface area contributed by atoms with E-state index in [-0.39, 0.29) is 43.4 Å². The summed E-state index contributed by atoms with van der Waals surface area (Å²) in [4.78, 5) is 39.6. The maximum Gasteiger partial charge on any atom is 0.244 e. The molecular formula is C19H29ClN4O4. The minimum Gasteiger partial charge on any atom is -0.495 e. The molecule has 0 spiro atoms. The van der Waals surface area contributed by atoms with Crippen molar-refractivity contribution in [2.75, 3.05) is 45.7 Å². The number of nitrogens with one attached hydrogen (secondary N) is 2. The fraction of sp³-hybridized carbons (Fsp3) is 0.526. The quantitative estimate of drug-likeness (QED) is 0.609. The lowest BCUT2D eigenvalue weighted by atomic mass is 10.3. The van der Waals surface area contributed by atoms with Crippen LogP contribution in [0, 0.1) is 0 Å². The average molecular weight is 413 g/mol. The Balaban J connectivity index is 2.60. The van der Waals surface area contributed by atoms with Crippen molar-refractivity contribution < 1.29 is 19.1 Å². The number of anilines is 1. The normalized spacial score (nSPS) is 10.7. The topological polar surface area (TPSA) is 91.0 Å². The number of benzene rings is 1. The molecule has 1 aromatic rings. The molecule has 0 bridgehead atoms. The second-order valence-corrected chi connectivity index (χ2v) is 7.10. The van der Waals surface area contributed by atoms with Gasteiger partial charge in [0.15, 0.2) is 0 Å². The SMILES string of the molecule is CCN(CC(=O)NC(C)C)CC(=O)N(C)CC(=O)Nc1cc(Cl)ccc1OC. The highest BCUT2D eigenvalue weighted by Crippen LogP contribution is 2.27. The van der Waals surface area contributed by atoms with E-state index >= 15 is 0 Å². The van der Waals surface area contributed by atoms with Crippen molar-refractivity contribution in [3.63, 3.8) is 0 Å². The summed E-state index contributed by atoms with van der Waals surface area (Å²) < 4.78 is 5.19. The van der Waals surface area contributed by atoms with Gasteiger partial charge in [-0.25, -0.2) is 0 Å². The number of carbonyl (C=O) groups is 3. The Kier molecular flexibility index (Phi) is 9.75. The van der Waals surface area contributed by atoms with Gasteiger partial charge < -0.3 is 20.3 Å². The van der Waals surface area contributed by atoms with E-state index in [1.807, 2.05) is 20.8 Å². The molecule has 1 aromatic carbocycles. The zero-order valence-corrected chi connectivity index (χ0v) is 17.8. The molecular weight excluding hydrogens is 384 g/mol. The first-order chi connectivity index (χ1) is 13.2. The summed E-state index contributed by atoms with van der Waals surface area (Å²) in [6.07, 6.45) is 0. The van der Waals surface area contributed by atoms with Crippen molar-refractivity contribution in [2.24, 2.45) is 0 Å². The van der Waals surface area contributed by atoms with Gasteiger partial charge in [-0.15, -0.1) is 0 Å². The molecule has 0 aliphatic rings. The number of rotatable bonds is 10. The Labute approximate surface area is 171 Å². The molecule has 0 aromatic heterocycles. The molecule has 1 rings (SSSR count). The lowest BCUT2D eigenvalue weighted by Gasteiger charge is -2.24. The number of halogens is 1. The molecule has 156 valence electrons. The van der Waals surface area contributed by atoms with Gasteiger partial charge in [0, 0.05) is 18.1 Å². The standard InChI is InChI=1S/C19H29ClN4O4/c1-6-24(11-18(26)21-13(2)3)12-19(27)23(4)10-17(25)22-15-9-14(20)7-8-16(15)28-5/h7-9,13H,6,10-12H2,1-5H3,(H,21,26)(H,22,25). The third-order valence-electron chi connectivity index (χ3n) is 3.87. The Morgan fingerprint density at radius 3 is 2.39 bits per heavy atom. The zero-order chi connectivity index (χ0) is 21.3. The lowest BCUT2D eigenvalue weighted by Crippen LogP contribution is -2.45. The molecule has 0 heterocycles. The van der Waals surface area contributed by atoms with Gasteiger partial charge >= 0.3 is 0 Å². The fourth-order valence-corrected chi connectivity index (χ4v) is 2.61. The van der Waals surface area contributed by atoms with Crippen molar-refractivity contribution in [3.8, 4) is 5.75 Å². The lowest BCUT2D eigenvalue weighted by molar-refractivity contribution is -0.135. The maximum absolute atomic E-state index is 12.4. The van der Waals surface area contributed by atoms with Crippen LogP contribution in [0.25, 0.3) is 0 Å². The Morgan fingerprint density at radius 2 is 1.82 bits per heavy atom. The van der Waals surface area contributed by atoms with Crippen LogP contribution in [0.2, 0.25) is 5.02 Å². The number of ether oxygens (including phenoxy) is 1. The van der Waals surface area contributed by atoms with Crippen LogP contribution in [-0.4, -0.2) is 73.9 Å². The average Bonchev–Trinajstić information content (AvgIpc) is 2.60. The van der Waals surface area contributed by atoms with Gasteiger partial charge in [0.05, 0.1) is 32.4 Å². The molecule has 0 radical (unpaired) electrons. The summed E-state index contributed by atoms with van der Waals surface area (Å²) >= 11 is 5.95. The first-order valence-corrected chi connectivity index (χ1v) is 9.43. The van der Waals surface area contributed by atoms with Gasteiger partial charge in [-0.05, 0) is 38.6 Å². The number of hydrogen-bond donors (Lipinski definition) is 2. The molecule has 8 nitrogen and oxygen atoms in total. The number of carbonyl (C=O) groups excluding carboxylic acids is 3. The molecule has 0 fully saturated rings.